The highest BCUT2D eigenvalue weighted by Crippen LogP contribution is 2.36. The summed E-state index contributed by atoms with van der Waals surface area (Å²) in [7, 11) is 2.12. The van der Waals surface area contributed by atoms with Gasteiger partial charge < -0.3 is 9.80 Å². The van der Waals surface area contributed by atoms with Gasteiger partial charge in [-0.15, -0.1) is 0 Å². The van der Waals surface area contributed by atoms with Crippen LogP contribution in [0.3, 0.4) is 0 Å². The van der Waals surface area contributed by atoms with E-state index in [4.69, 9.17) is 4.99 Å². The van der Waals surface area contributed by atoms with Gasteiger partial charge in [0.2, 0.25) is 5.96 Å². The van der Waals surface area contributed by atoms with Gasteiger partial charge in [-0.1, -0.05) is 6.07 Å². The molecule has 1 aromatic carbocycles. The molecule has 23 heavy (non-hydrogen) atoms. The van der Waals surface area contributed by atoms with Crippen LogP contribution in [0, 0.1) is 5.82 Å². The number of likely N-dealkylation sites (N-methyl/N-ethyl adjacent to an activating group) is 1. The predicted molar refractivity (Wildman–Crippen MR) is 91.6 cm³/mol. The van der Waals surface area contributed by atoms with Gasteiger partial charge in [0, 0.05) is 37.5 Å². The minimum Gasteiger partial charge on any atom is -0.338 e. The lowest BCUT2D eigenvalue weighted by molar-refractivity contribution is 0.186. The first-order chi connectivity index (χ1) is 11.0. The maximum absolute atomic E-state index is 13.6. The molecule has 5 nitrogen and oxygen atoms in total. The van der Waals surface area contributed by atoms with Gasteiger partial charge in [-0.3, -0.25) is 0 Å². The normalized spacial score (nSPS) is 21.8. The molecule has 1 unspecified atom stereocenters. The largest absolute Gasteiger partial charge is 0.338 e. The lowest BCUT2D eigenvalue weighted by Crippen LogP contribution is -2.52. The number of piperazine rings is 1. The Morgan fingerprint density at radius 3 is 2.57 bits per heavy atom. The molecule has 124 valence electrons. The highest BCUT2D eigenvalue weighted by atomic mass is 19.1. The number of rotatable bonds is 1. The molecular weight excluding hydrogens is 293 g/mol. The third-order valence-corrected chi connectivity index (χ3v) is 4.33. The maximum Gasteiger partial charge on any atom is 0.223 e. The Balaban J connectivity index is 2.02. The topological polar surface area (TPSA) is 34.4 Å². The van der Waals surface area contributed by atoms with Gasteiger partial charge >= 0.3 is 0 Å². The summed E-state index contributed by atoms with van der Waals surface area (Å²) in [6.45, 7) is 9.85. The van der Waals surface area contributed by atoms with Gasteiger partial charge in [0.1, 0.15) is 5.82 Å². The summed E-state index contributed by atoms with van der Waals surface area (Å²) in [5.74, 6) is 0.575. The fourth-order valence-corrected chi connectivity index (χ4v) is 3.00. The summed E-state index contributed by atoms with van der Waals surface area (Å²) < 4.78 is 13.6. The van der Waals surface area contributed by atoms with E-state index < -0.39 is 0 Å². The molecule has 0 spiro atoms. The lowest BCUT2D eigenvalue weighted by Gasteiger charge is -2.41. The lowest BCUT2D eigenvalue weighted by atomic mass is 10.0. The standard InChI is InChI=1S/C17H24FN5/c1-12(2)20-23-13(3)15-6-5-14(18)11-16(15)19-17(23)22-9-7-21(4)8-10-22/h5-6,11,13H,7-10H2,1-4H3. The summed E-state index contributed by atoms with van der Waals surface area (Å²) in [6.07, 6.45) is 0. The van der Waals surface area contributed by atoms with Crippen molar-refractivity contribution in [2.75, 3.05) is 33.2 Å². The molecular formula is C17H24FN5. The second-order valence-corrected chi connectivity index (χ2v) is 6.47. The van der Waals surface area contributed by atoms with E-state index in [1.807, 2.05) is 24.9 Å². The Hall–Kier alpha value is -1.95. The Kier molecular flexibility index (Phi) is 4.35. The van der Waals surface area contributed by atoms with Crippen LogP contribution < -0.4 is 0 Å². The molecule has 2 aliphatic rings. The molecule has 2 heterocycles. The van der Waals surface area contributed by atoms with E-state index in [9.17, 15) is 4.39 Å². The van der Waals surface area contributed by atoms with Crippen molar-refractivity contribution in [2.24, 2.45) is 10.1 Å². The molecule has 0 aromatic heterocycles. The number of hydrazone groups is 1. The summed E-state index contributed by atoms with van der Waals surface area (Å²) in [4.78, 5) is 9.29. The van der Waals surface area contributed by atoms with Gasteiger partial charge in [0.05, 0.1) is 11.7 Å². The van der Waals surface area contributed by atoms with Crippen molar-refractivity contribution in [3.05, 3.63) is 29.6 Å². The van der Waals surface area contributed by atoms with Crippen LogP contribution in [0.5, 0.6) is 0 Å². The number of halogens is 1. The average molecular weight is 317 g/mol. The van der Waals surface area contributed by atoms with Crippen LogP contribution in [-0.2, 0) is 0 Å². The summed E-state index contributed by atoms with van der Waals surface area (Å²) in [5, 5.41) is 6.66. The molecule has 1 atom stereocenters. The number of hydrogen-bond donors (Lipinski definition) is 0. The second kappa shape index (κ2) is 6.28. The monoisotopic (exact) mass is 317 g/mol. The molecule has 6 heteroatoms. The zero-order valence-corrected chi connectivity index (χ0v) is 14.3. The molecule has 1 aromatic rings. The zero-order valence-electron chi connectivity index (χ0n) is 14.3. The summed E-state index contributed by atoms with van der Waals surface area (Å²) in [5.41, 5.74) is 2.70. The molecule has 0 aliphatic carbocycles. The summed E-state index contributed by atoms with van der Waals surface area (Å²) >= 11 is 0. The first-order valence-electron chi connectivity index (χ1n) is 8.08. The van der Waals surface area contributed by atoms with Crippen molar-refractivity contribution in [2.45, 2.75) is 26.8 Å². The number of hydrogen-bond acceptors (Lipinski definition) is 5. The molecule has 0 amide bonds. The number of fused-ring (bicyclic) bond motifs is 1. The van der Waals surface area contributed by atoms with E-state index in [1.54, 1.807) is 0 Å². The molecule has 0 radical (unpaired) electrons. The molecule has 0 N–H and O–H groups in total. The Morgan fingerprint density at radius 1 is 1.22 bits per heavy atom. The number of guanidine groups is 1. The van der Waals surface area contributed by atoms with E-state index in [0.717, 1.165) is 43.4 Å². The third kappa shape index (κ3) is 3.22. The highest BCUT2D eigenvalue weighted by molar-refractivity contribution is 5.88. The second-order valence-electron chi connectivity index (χ2n) is 6.47. The van der Waals surface area contributed by atoms with Crippen molar-refractivity contribution in [3.8, 4) is 0 Å². The van der Waals surface area contributed by atoms with Crippen molar-refractivity contribution >= 4 is 17.4 Å². The van der Waals surface area contributed by atoms with Crippen LogP contribution in [0.15, 0.2) is 28.3 Å². The predicted octanol–water partition coefficient (Wildman–Crippen LogP) is 2.83. The van der Waals surface area contributed by atoms with E-state index in [-0.39, 0.29) is 11.9 Å². The van der Waals surface area contributed by atoms with Crippen molar-refractivity contribution < 1.29 is 4.39 Å². The van der Waals surface area contributed by atoms with Crippen molar-refractivity contribution in [3.63, 3.8) is 0 Å². The number of nitrogens with zero attached hydrogens (tertiary/aromatic N) is 5. The van der Waals surface area contributed by atoms with Gasteiger partial charge in [-0.25, -0.2) is 14.4 Å². The number of aliphatic imine (C=N–C) groups is 1. The fraction of sp³-hybridized carbons (Fsp3) is 0.529. The van der Waals surface area contributed by atoms with E-state index >= 15 is 0 Å². The van der Waals surface area contributed by atoms with Crippen LogP contribution in [0.25, 0.3) is 0 Å². The Labute approximate surface area is 137 Å². The summed E-state index contributed by atoms with van der Waals surface area (Å²) in [6, 6.07) is 4.86. The molecule has 1 saturated heterocycles. The minimum absolute atomic E-state index is 0.0349. The Morgan fingerprint density at radius 2 is 1.91 bits per heavy atom. The SMILES string of the molecule is CC(C)=NN1C(N2CCN(C)CC2)=Nc2cc(F)ccc2C1C. The van der Waals surface area contributed by atoms with E-state index in [1.165, 1.54) is 12.1 Å². The average Bonchev–Trinajstić information content (AvgIpc) is 2.50. The van der Waals surface area contributed by atoms with Gasteiger partial charge in [0.25, 0.3) is 0 Å². The van der Waals surface area contributed by atoms with Gasteiger partial charge in [-0.05, 0) is 40.0 Å². The van der Waals surface area contributed by atoms with E-state index in [2.05, 4.69) is 28.9 Å². The Bertz CT molecular complexity index is 642. The van der Waals surface area contributed by atoms with Crippen LogP contribution in [0.1, 0.15) is 32.4 Å². The highest BCUT2D eigenvalue weighted by Gasteiger charge is 2.31. The third-order valence-electron chi connectivity index (χ3n) is 4.33. The van der Waals surface area contributed by atoms with E-state index in [0.29, 0.717) is 5.69 Å². The van der Waals surface area contributed by atoms with Gasteiger partial charge in [0.15, 0.2) is 0 Å². The molecule has 0 saturated carbocycles. The molecule has 3 rings (SSSR count). The van der Waals surface area contributed by atoms with Crippen LogP contribution in [0.2, 0.25) is 0 Å². The molecule has 2 aliphatic heterocycles. The maximum atomic E-state index is 13.6. The zero-order chi connectivity index (χ0) is 16.6. The first-order valence-corrected chi connectivity index (χ1v) is 8.08. The quantitative estimate of drug-likeness (QED) is 0.747. The van der Waals surface area contributed by atoms with Crippen LogP contribution >= 0.6 is 0 Å². The smallest absolute Gasteiger partial charge is 0.223 e. The number of benzene rings is 1. The molecule has 1 fully saturated rings. The van der Waals surface area contributed by atoms with Crippen molar-refractivity contribution in [1.82, 2.24) is 14.8 Å². The van der Waals surface area contributed by atoms with Crippen LogP contribution in [0.4, 0.5) is 10.1 Å². The van der Waals surface area contributed by atoms with Crippen molar-refractivity contribution in [1.29, 1.82) is 0 Å². The van der Waals surface area contributed by atoms with Crippen LogP contribution in [-0.4, -0.2) is 59.7 Å². The first kappa shape index (κ1) is 15.9. The fourth-order valence-electron chi connectivity index (χ4n) is 3.00. The minimum atomic E-state index is -0.249. The molecule has 0 bridgehead atoms. The van der Waals surface area contributed by atoms with Gasteiger partial charge in [-0.2, -0.15) is 5.10 Å².